The quantitative estimate of drug-likeness (QED) is 0.166. The Kier molecular flexibility index (Phi) is 7.90. The number of para-hydroxylation sites is 3. The number of fused-ring (bicyclic) bond motifs is 16. The average molecular weight is 841 g/mol. The highest BCUT2D eigenvalue weighted by atomic mass is 16.3. The Morgan fingerprint density at radius 3 is 1.50 bits per heavy atom. The minimum Gasteiger partial charge on any atom is -0.456 e. The first-order valence-corrected chi connectivity index (χ1v) is 22.7. The van der Waals surface area contributed by atoms with Crippen LogP contribution in [-0.4, -0.2) is 0 Å². The summed E-state index contributed by atoms with van der Waals surface area (Å²) in [6.45, 7) is 0. The monoisotopic (exact) mass is 840 g/mol. The summed E-state index contributed by atoms with van der Waals surface area (Å²) in [4.78, 5) is 4.94. The third-order valence-corrected chi connectivity index (χ3v) is 14.2. The number of hydrogen-bond acceptors (Lipinski definition) is 3. The fourth-order valence-electron chi connectivity index (χ4n) is 11.5. The third-order valence-electron chi connectivity index (χ3n) is 14.2. The Bertz CT molecular complexity index is 3910. The molecule has 308 valence electrons. The van der Waals surface area contributed by atoms with Crippen LogP contribution in [0.5, 0.6) is 0 Å². The van der Waals surface area contributed by atoms with Gasteiger partial charge in [-0.25, -0.2) is 0 Å². The molecule has 0 fully saturated rings. The molecule has 0 amide bonds. The van der Waals surface area contributed by atoms with E-state index in [-0.39, 0.29) is 0 Å². The van der Waals surface area contributed by atoms with Crippen molar-refractivity contribution in [3.8, 4) is 22.3 Å². The van der Waals surface area contributed by atoms with Crippen molar-refractivity contribution in [2.24, 2.45) is 0 Å². The molecular formula is C63H40N2O. The molecule has 0 saturated carbocycles. The van der Waals surface area contributed by atoms with E-state index in [0.29, 0.717) is 0 Å². The largest absolute Gasteiger partial charge is 0.456 e. The van der Waals surface area contributed by atoms with E-state index in [0.717, 1.165) is 50.7 Å². The van der Waals surface area contributed by atoms with Crippen LogP contribution in [0.25, 0.3) is 65.7 Å². The summed E-state index contributed by atoms with van der Waals surface area (Å²) in [5, 5.41) is 7.11. The maximum Gasteiger partial charge on any atom is 0.136 e. The van der Waals surface area contributed by atoms with Crippen LogP contribution in [0.15, 0.2) is 247 Å². The molecule has 2 aliphatic rings. The van der Waals surface area contributed by atoms with Gasteiger partial charge in [-0.1, -0.05) is 170 Å². The van der Waals surface area contributed by atoms with Gasteiger partial charge in [-0.15, -0.1) is 0 Å². The van der Waals surface area contributed by atoms with Crippen molar-refractivity contribution in [3.05, 3.63) is 265 Å². The topological polar surface area (TPSA) is 19.6 Å². The van der Waals surface area contributed by atoms with Gasteiger partial charge < -0.3 is 14.2 Å². The molecule has 66 heavy (non-hydrogen) atoms. The molecular weight excluding hydrogens is 801 g/mol. The molecule has 3 heteroatoms. The van der Waals surface area contributed by atoms with Crippen LogP contribution >= 0.6 is 0 Å². The molecule has 1 spiro atoms. The predicted molar refractivity (Wildman–Crippen MR) is 274 cm³/mol. The Morgan fingerprint density at radius 2 is 0.833 bits per heavy atom. The van der Waals surface area contributed by atoms with E-state index < -0.39 is 5.41 Å². The zero-order chi connectivity index (χ0) is 43.3. The number of hydrogen-bond donors (Lipinski definition) is 0. The van der Waals surface area contributed by atoms with Crippen LogP contribution in [-0.2, 0) is 5.41 Å². The van der Waals surface area contributed by atoms with Crippen LogP contribution < -0.4 is 9.80 Å². The minimum atomic E-state index is -0.660. The third kappa shape index (κ3) is 5.20. The SMILES string of the molecule is c1ccc(N(c2cc(N(c3ccccc3)c3ccc4ccccc4c3)c3c(c2)C2(c4ccccc4-3)c3ccccc3-c3c2ccc2oc4ccccc4c32)c2ccc3ccccc3c2)cc1. The smallest absolute Gasteiger partial charge is 0.136 e. The van der Waals surface area contributed by atoms with E-state index in [1.165, 1.54) is 71.4 Å². The van der Waals surface area contributed by atoms with Crippen molar-refractivity contribution < 1.29 is 4.42 Å². The molecule has 12 aromatic rings. The molecule has 0 bridgehead atoms. The highest BCUT2D eigenvalue weighted by Crippen LogP contribution is 2.67. The number of anilines is 6. The summed E-state index contributed by atoms with van der Waals surface area (Å²) in [5.74, 6) is 0. The van der Waals surface area contributed by atoms with Crippen molar-refractivity contribution in [2.45, 2.75) is 5.41 Å². The molecule has 0 aliphatic heterocycles. The lowest BCUT2D eigenvalue weighted by molar-refractivity contribution is 0.668. The second-order valence-corrected chi connectivity index (χ2v) is 17.6. The van der Waals surface area contributed by atoms with Crippen molar-refractivity contribution in [2.75, 3.05) is 9.80 Å². The first kappa shape index (κ1) is 36.8. The van der Waals surface area contributed by atoms with Crippen LogP contribution in [0.3, 0.4) is 0 Å². The van der Waals surface area contributed by atoms with Gasteiger partial charge in [0.05, 0.1) is 11.1 Å². The molecule has 2 aliphatic carbocycles. The van der Waals surface area contributed by atoms with Crippen molar-refractivity contribution in [3.63, 3.8) is 0 Å². The first-order chi connectivity index (χ1) is 32.7. The van der Waals surface area contributed by atoms with E-state index in [9.17, 15) is 0 Å². The lowest BCUT2D eigenvalue weighted by atomic mass is 9.70. The van der Waals surface area contributed by atoms with Crippen LogP contribution in [0.2, 0.25) is 0 Å². The Hall–Kier alpha value is -8.66. The lowest BCUT2D eigenvalue weighted by Gasteiger charge is -2.34. The zero-order valence-corrected chi connectivity index (χ0v) is 35.9. The zero-order valence-electron chi connectivity index (χ0n) is 35.9. The summed E-state index contributed by atoms with van der Waals surface area (Å²) >= 11 is 0. The van der Waals surface area contributed by atoms with Crippen molar-refractivity contribution >= 4 is 77.6 Å². The highest BCUT2D eigenvalue weighted by molar-refractivity contribution is 6.17. The average Bonchev–Trinajstić information content (AvgIpc) is 4.01. The van der Waals surface area contributed by atoms with Gasteiger partial charge in [0.25, 0.3) is 0 Å². The van der Waals surface area contributed by atoms with E-state index in [1.54, 1.807) is 0 Å². The number of furan rings is 1. The normalized spacial score (nSPS) is 14.4. The molecule has 3 nitrogen and oxygen atoms in total. The Balaban J connectivity index is 1.15. The summed E-state index contributed by atoms with van der Waals surface area (Å²) < 4.78 is 6.63. The summed E-state index contributed by atoms with van der Waals surface area (Å²) in [7, 11) is 0. The maximum absolute atomic E-state index is 6.63. The van der Waals surface area contributed by atoms with Gasteiger partial charge in [0.15, 0.2) is 0 Å². The summed E-state index contributed by atoms with van der Waals surface area (Å²) in [6, 6.07) is 89.1. The molecule has 1 unspecified atom stereocenters. The summed E-state index contributed by atoms with van der Waals surface area (Å²) in [5.41, 5.74) is 17.7. The van der Waals surface area contributed by atoms with E-state index in [2.05, 4.69) is 252 Å². The standard InChI is InChI=1S/C63H40N2O/c1-3-21-45(22-4-1)64(47-33-31-41-17-7-9-19-43(41)37-47)49-39-56-60(57(40-49)65(46-23-5-2-6-24-46)48-34-32-42-18-8-10-20-44(42)38-48)50-25-11-14-28-53(50)63(56)54-29-15-12-26-51(54)61-55(63)35-36-59-62(61)52-27-13-16-30-58(52)66-59/h1-40H. The molecule has 0 saturated heterocycles. The van der Waals surface area contributed by atoms with Crippen molar-refractivity contribution in [1.82, 2.24) is 0 Å². The fraction of sp³-hybridized carbons (Fsp3) is 0.0159. The van der Waals surface area contributed by atoms with E-state index in [1.807, 2.05) is 0 Å². The molecule has 11 aromatic carbocycles. The van der Waals surface area contributed by atoms with Crippen LogP contribution in [0.1, 0.15) is 22.3 Å². The Labute approximate surface area is 382 Å². The van der Waals surface area contributed by atoms with Crippen molar-refractivity contribution in [1.29, 1.82) is 0 Å². The molecule has 0 N–H and O–H groups in total. The second kappa shape index (κ2) is 14.2. The number of nitrogens with zero attached hydrogens (tertiary/aromatic N) is 2. The van der Waals surface area contributed by atoms with E-state index in [4.69, 9.17) is 4.42 Å². The molecule has 1 atom stereocenters. The number of benzene rings is 11. The Morgan fingerprint density at radius 1 is 0.303 bits per heavy atom. The van der Waals surface area contributed by atoms with E-state index >= 15 is 0 Å². The first-order valence-electron chi connectivity index (χ1n) is 22.7. The molecule has 1 heterocycles. The molecule has 1 aromatic heterocycles. The highest BCUT2D eigenvalue weighted by Gasteiger charge is 2.53. The van der Waals surface area contributed by atoms with Crippen LogP contribution in [0, 0.1) is 0 Å². The molecule has 14 rings (SSSR count). The van der Waals surface area contributed by atoms with Gasteiger partial charge in [0.1, 0.15) is 11.2 Å². The van der Waals surface area contributed by atoms with Gasteiger partial charge in [0.2, 0.25) is 0 Å². The van der Waals surface area contributed by atoms with Crippen LogP contribution in [0.4, 0.5) is 34.1 Å². The summed E-state index contributed by atoms with van der Waals surface area (Å²) in [6.07, 6.45) is 0. The lowest BCUT2D eigenvalue weighted by Crippen LogP contribution is -2.26. The van der Waals surface area contributed by atoms with Gasteiger partial charge in [-0.05, 0) is 133 Å². The number of rotatable bonds is 6. The maximum atomic E-state index is 6.63. The van der Waals surface area contributed by atoms with Gasteiger partial charge in [-0.3, -0.25) is 0 Å². The van der Waals surface area contributed by atoms with Gasteiger partial charge >= 0.3 is 0 Å². The van der Waals surface area contributed by atoms with Gasteiger partial charge in [0, 0.05) is 44.8 Å². The molecule has 0 radical (unpaired) electrons. The van der Waals surface area contributed by atoms with Gasteiger partial charge in [-0.2, -0.15) is 0 Å². The fourth-order valence-corrected chi connectivity index (χ4v) is 11.5. The second-order valence-electron chi connectivity index (χ2n) is 17.6. The predicted octanol–water partition coefficient (Wildman–Crippen LogP) is 17.2. The minimum absolute atomic E-state index is 0.660.